The number of allylic oxidation sites excluding steroid dienone is 1. The van der Waals surface area contributed by atoms with Crippen LogP contribution in [0.25, 0.3) is 5.57 Å². The van der Waals surface area contributed by atoms with Crippen LogP contribution in [0.4, 0.5) is 31.1 Å². The molecule has 1 aliphatic carbocycles. The molecule has 2 aromatic carbocycles. The first kappa shape index (κ1) is 34.2. The van der Waals surface area contributed by atoms with Gasteiger partial charge in [-0.2, -0.15) is 26.3 Å². The van der Waals surface area contributed by atoms with Crippen LogP contribution in [-0.2, 0) is 28.3 Å². The number of carboxylic acids is 1. The number of halogens is 6. The van der Waals surface area contributed by atoms with Gasteiger partial charge < -0.3 is 14.6 Å². The van der Waals surface area contributed by atoms with Gasteiger partial charge in [0, 0.05) is 12.1 Å². The number of carbonyl (C=O) groups excluding carboxylic acids is 1. The van der Waals surface area contributed by atoms with Crippen molar-refractivity contribution in [1.82, 2.24) is 4.90 Å². The van der Waals surface area contributed by atoms with E-state index in [1.165, 1.54) is 18.9 Å². The molecule has 0 bridgehead atoms. The standard InChI is InChI=1S/C33H37F6NO5/c1-18-27(20-12-22(32(34,35)36)14-23(13-20)33(37,38)39)45-29(43)40(18)17-21-16-30(2,3)10-9-24(21)25-11-19(7-8-26(25)44-6)15-31(4,5)28(41)42/h7-8,11-14,18,27H,9-10,15-17H2,1-6H3,(H,41,42)/t18-,27-/m0/s1. The normalized spacial score (nSPS) is 20.8. The van der Waals surface area contributed by atoms with Crippen molar-refractivity contribution in [1.29, 1.82) is 0 Å². The fourth-order valence-corrected chi connectivity index (χ4v) is 6.08. The Morgan fingerprint density at radius 3 is 2.18 bits per heavy atom. The third-order valence-electron chi connectivity index (χ3n) is 8.68. The molecule has 0 aromatic heterocycles. The number of aliphatic carboxylic acids is 1. The molecule has 0 saturated carbocycles. The molecule has 1 amide bonds. The Balaban J connectivity index is 1.75. The fourth-order valence-electron chi connectivity index (χ4n) is 6.08. The van der Waals surface area contributed by atoms with Crippen molar-refractivity contribution in [3.05, 3.63) is 69.8 Å². The topological polar surface area (TPSA) is 76.1 Å². The fraction of sp³-hybridized carbons (Fsp3) is 0.515. The first-order valence-corrected chi connectivity index (χ1v) is 14.5. The van der Waals surface area contributed by atoms with E-state index in [1.807, 2.05) is 6.07 Å². The van der Waals surface area contributed by atoms with Gasteiger partial charge in [0.25, 0.3) is 0 Å². The maximum atomic E-state index is 13.5. The Hall–Kier alpha value is -3.70. The SMILES string of the molecule is COc1ccc(CC(C)(C)C(=O)O)cc1C1=C(CN2C(=O)O[C@H](c3cc(C(F)(F)F)cc(C(F)(F)F)c3)[C@@H]2C)CC(C)(C)CC1. The van der Waals surface area contributed by atoms with Crippen molar-refractivity contribution in [3.8, 4) is 5.75 Å². The third kappa shape index (κ3) is 7.41. The highest BCUT2D eigenvalue weighted by Crippen LogP contribution is 2.47. The van der Waals surface area contributed by atoms with Crippen LogP contribution in [0.5, 0.6) is 5.75 Å². The minimum Gasteiger partial charge on any atom is -0.496 e. The molecular formula is C33H37F6NO5. The maximum absolute atomic E-state index is 13.5. The summed E-state index contributed by atoms with van der Waals surface area (Å²) in [5, 5.41) is 9.65. The lowest BCUT2D eigenvalue weighted by atomic mass is 9.72. The van der Waals surface area contributed by atoms with E-state index in [9.17, 15) is 41.0 Å². The summed E-state index contributed by atoms with van der Waals surface area (Å²) in [6, 6.07) is 5.80. The molecule has 4 rings (SSSR count). The van der Waals surface area contributed by atoms with E-state index < -0.39 is 58.7 Å². The van der Waals surface area contributed by atoms with Gasteiger partial charge >= 0.3 is 24.4 Å². The molecule has 1 heterocycles. The summed E-state index contributed by atoms with van der Waals surface area (Å²) in [5.41, 5.74) is -1.29. The molecule has 246 valence electrons. The summed E-state index contributed by atoms with van der Waals surface area (Å²) >= 11 is 0. The number of hydrogen-bond acceptors (Lipinski definition) is 4. The highest BCUT2D eigenvalue weighted by molar-refractivity contribution is 5.78. The van der Waals surface area contributed by atoms with Crippen molar-refractivity contribution in [2.75, 3.05) is 13.7 Å². The number of rotatable bonds is 8. The van der Waals surface area contributed by atoms with Crippen LogP contribution in [0.3, 0.4) is 0 Å². The molecule has 1 aliphatic heterocycles. The second-order valence-corrected chi connectivity index (χ2v) is 13.3. The summed E-state index contributed by atoms with van der Waals surface area (Å²) < 4.78 is 92.4. The van der Waals surface area contributed by atoms with Gasteiger partial charge in [-0.25, -0.2) is 4.79 Å². The molecule has 0 spiro atoms. The average molecular weight is 642 g/mol. The minimum absolute atomic E-state index is 0.0361. The van der Waals surface area contributed by atoms with Crippen molar-refractivity contribution in [3.63, 3.8) is 0 Å². The summed E-state index contributed by atoms with van der Waals surface area (Å²) in [4.78, 5) is 26.3. The number of nitrogens with zero attached hydrogens (tertiary/aromatic N) is 1. The number of carboxylic acid groups (broad SMARTS) is 1. The second-order valence-electron chi connectivity index (χ2n) is 13.3. The number of alkyl halides is 6. The van der Waals surface area contributed by atoms with E-state index >= 15 is 0 Å². The molecule has 2 atom stereocenters. The molecule has 45 heavy (non-hydrogen) atoms. The second kappa shape index (κ2) is 11.9. The summed E-state index contributed by atoms with van der Waals surface area (Å²) in [6.07, 6.45) is -10.1. The number of ether oxygens (including phenoxy) is 2. The van der Waals surface area contributed by atoms with Crippen molar-refractivity contribution < 1.29 is 50.5 Å². The van der Waals surface area contributed by atoms with Gasteiger partial charge in [0.15, 0.2) is 0 Å². The van der Waals surface area contributed by atoms with Gasteiger partial charge in [-0.05, 0) is 104 Å². The van der Waals surface area contributed by atoms with E-state index in [0.29, 0.717) is 30.7 Å². The van der Waals surface area contributed by atoms with Crippen LogP contribution in [0.2, 0.25) is 0 Å². The van der Waals surface area contributed by atoms with Crippen LogP contribution in [0, 0.1) is 10.8 Å². The zero-order chi connectivity index (χ0) is 33.7. The van der Waals surface area contributed by atoms with Gasteiger partial charge in [0.05, 0.1) is 29.7 Å². The van der Waals surface area contributed by atoms with E-state index in [-0.39, 0.29) is 24.4 Å². The Kier molecular flexibility index (Phi) is 9.04. The van der Waals surface area contributed by atoms with Gasteiger partial charge in [-0.3, -0.25) is 9.69 Å². The third-order valence-corrected chi connectivity index (χ3v) is 8.68. The first-order valence-electron chi connectivity index (χ1n) is 14.5. The Bertz CT molecular complexity index is 1480. The molecule has 12 heteroatoms. The van der Waals surface area contributed by atoms with Gasteiger partial charge in [0.1, 0.15) is 11.9 Å². The minimum atomic E-state index is -5.04. The zero-order valence-corrected chi connectivity index (χ0v) is 25.9. The van der Waals surface area contributed by atoms with Gasteiger partial charge in [-0.1, -0.05) is 19.9 Å². The summed E-state index contributed by atoms with van der Waals surface area (Å²) in [6.45, 7) is 8.98. The molecule has 2 aromatic rings. The number of methoxy groups -OCH3 is 1. The van der Waals surface area contributed by atoms with Crippen LogP contribution >= 0.6 is 0 Å². The quantitative estimate of drug-likeness (QED) is 0.292. The zero-order valence-electron chi connectivity index (χ0n) is 25.9. The lowest BCUT2D eigenvalue weighted by Gasteiger charge is -2.36. The van der Waals surface area contributed by atoms with Crippen LogP contribution < -0.4 is 4.74 Å². The van der Waals surface area contributed by atoms with Crippen molar-refractivity contribution in [2.24, 2.45) is 10.8 Å². The van der Waals surface area contributed by atoms with Crippen LogP contribution in [0.15, 0.2) is 42.0 Å². The number of amides is 1. The number of carbonyl (C=O) groups is 2. The highest BCUT2D eigenvalue weighted by Gasteiger charge is 2.44. The highest BCUT2D eigenvalue weighted by atomic mass is 19.4. The van der Waals surface area contributed by atoms with Gasteiger partial charge in [0.2, 0.25) is 0 Å². The molecule has 1 N–H and O–H groups in total. The molecule has 0 unspecified atom stereocenters. The van der Waals surface area contributed by atoms with Crippen molar-refractivity contribution >= 4 is 17.6 Å². The van der Waals surface area contributed by atoms with Crippen molar-refractivity contribution in [2.45, 2.75) is 84.8 Å². The maximum Gasteiger partial charge on any atom is 0.416 e. The molecule has 1 saturated heterocycles. The predicted octanol–water partition coefficient (Wildman–Crippen LogP) is 8.93. The number of hydrogen-bond donors (Lipinski definition) is 1. The Morgan fingerprint density at radius 2 is 1.64 bits per heavy atom. The number of benzene rings is 2. The first-order chi connectivity index (χ1) is 20.6. The lowest BCUT2D eigenvalue weighted by molar-refractivity contribution is -0.147. The summed E-state index contributed by atoms with van der Waals surface area (Å²) in [7, 11) is 1.52. The molecular weight excluding hydrogens is 604 g/mol. The van der Waals surface area contributed by atoms with E-state index in [1.54, 1.807) is 26.0 Å². The average Bonchev–Trinajstić information content (AvgIpc) is 3.19. The predicted molar refractivity (Wildman–Crippen MR) is 155 cm³/mol. The largest absolute Gasteiger partial charge is 0.496 e. The van der Waals surface area contributed by atoms with Gasteiger partial charge in [-0.15, -0.1) is 0 Å². The monoisotopic (exact) mass is 641 g/mol. The molecule has 2 aliphatic rings. The van der Waals surface area contributed by atoms with Crippen LogP contribution in [-0.4, -0.2) is 41.8 Å². The molecule has 6 nitrogen and oxygen atoms in total. The lowest BCUT2D eigenvalue weighted by Crippen LogP contribution is -2.35. The van der Waals surface area contributed by atoms with E-state index in [2.05, 4.69) is 13.8 Å². The van der Waals surface area contributed by atoms with Crippen LogP contribution in [0.1, 0.15) is 87.8 Å². The molecule has 1 fully saturated rings. The number of cyclic esters (lactones) is 1. The van der Waals surface area contributed by atoms with E-state index in [0.717, 1.165) is 28.7 Å². The Morgan fingerprint density at radius 1 is 1.04 bits per heavy atom. The molecule has 0 radical (unpaired) electrons. The van der Waals surface area contributed by atoms with E-state index in [4.69, 9.17) is 9.47 Å². The smallest absolute Gasteiger partial charge is 0.416 e. The Labute approximate surface area is 258 Å². The summed E-state index contributed by atoms with van der Waals surface area (Å²) in [5.74, 6) is -0.393.